The van der Waals surface area contributed by atoms with Crippen molar-refractivity contribution in [1.29, 1.82) is 0 Å². The molecule has 1 heterocycles. The van der Waals surface area contributed by atoms with E-state index in [1.165, 1.54) is 37.0 Å². The van der Waals surface area contributed by atoms with Crippen molar-refractivity contribution in [3.8, 4) is 0 Å². The Morgan fingerprint density at radius 2 is 2.17 bits per heavy atom. The van der Waals surface area contributed by atoms with Gasteiger partial charge in [0, 0.05) is 18.0 Å². The molecule has 2 rings (SSSR count). The molecule has 1 fully saturated rings. The fourth-order valence-electron chi connectivity index (χ4n) is 2.70. The molecule has 0 aliphatic heterocycles. The SMILES string of the molecule is Cc1sc(C(=O)O)cc1CNCC1(C)CCCC1. The van der Waals surface area contributed by atoms with Crippen molar-refractivity contribution in [2.75, 3.05) is 6.54 Å². The van der Waals surface area contributed by atoms with Gasteiger partial charge in [0.1, 0.15) is 4.88 Å². The highest BCUT2D eigenvalue weighted by Gasteiger charge is 2.27. The predicted molar refractivity (Wildman–Crippen MR) is 74.3 cm³/mol. The van der Waals surface area contributed by atoms with Crippen LogP contribution in [0.4, 0.5) is 0 Å². The maximum absolute atomic E-state index is 10.9. The van der Waals surface area contributed by atoms with Crippen LogP contribution in [0, 0.1) is 12.3 Å². The van der Waals surface area contributed by atoms with Gasteiger partial charge in [-0.2, -0.15) is 0 Å². The topological polar surface area (TPSA) is 49.3 Å². The van der Waals surface area contributed by atoms with Crippen LogP contribution < -0.4 is 5.32 Å². The molecule has 3 nitrogen and oxygen atoms in total. The molecule has 0 spiro atoms. The number of carboxylic acid groups (broad SMARTS) is 1. The van der Waals surface area contributed by atoms with Crippen LogP contribution in [-0.2, 0) is 6.54 Å². The molecule has 0 amide bonds. The molecule has 0 saturated heterocycles. The molecule has 18 heavy (non-hydrogen) atoms. The quantitative estimate of drug-likeness (QED) is 0.859. The first-order chi connectivity index (χ1) is 8.50. The normalized spacial score (nSPS) is 18.1. The highest BCUT2D eigenvalue weighted by molar-refractivity contribution is 7.14. The smallest absolute Gasteiger partial charge is 0.345 e. The van der Waals surface area contributed by atoms with E-state index in [1.807, 2.05) is 6.92 Å². The summed E-state index contributed by atoms with van der Waals surface area (Å²) in [6, 6.07) is 1.80. The molecule has 0 aromatic carbocycles. The second-order valence-electron chi connectivity index (χ2n) is 5.62. The Bertz CT molecular complexity index is 433. The Morgan fingerprint density at radius 3 is 2.72 bits per heavy atom. The molecule has 1 aliphatic carbocycles. The van der Waals surface area contributed by atoms with Crippen molar-refractivity contribution in [2.24, 2.45) is 5.41 Å². The van der Waals surface area contributed by atoms with Crippen LogP contribution in [0.2, 0.25) is 0 Å². The molecule has 4 heteroatoms. The van der Waals surface area contributed by atoms with E-state index in [1.54, 1.807) is 6.07 Å². The van der Waals surface area contributed by atoms with E-state index in [-0.39, 0.29) is 0 Å². The van der Waals surface area contributed by atoms with Crippen LogP contribution in [0.1, 0.15) is 52.7 Å². The van der Waals surface area contributed by atoms with Crippen molar-refractivity contribution in [3.05, 3.63) is 21.4 Å². The molecule has 1 aliphatic rings. The molecule has 1 aromatic heterocycles. The van der Waals surface area contributed by atoms with Crippen LogP contribution >= 0.6 is 11.3 Å². The van der Waals surface area contributed by atoms with Gasteiger partial charge in [0.25, 0.3) is 0 Å². The van der Waals surface area contributed by atoms with Gasteiger partial charge in [-0.25, -0.2) is 4.79 Å². The highest BCUT2D eigenvalue weighted by atomic mass is 32.1. The Morgan fingerprint density at radius 1 is 1.50 bits per heavy atom. The fourth-order valence-corrected chi connectivity index (χ4v) is 3.59. The zero-order chi connectivity index (χ0) is 13.2. The Balaban J connectivity index is 1.88. The van der Waals surface area contributed by atoms with Crippen molar-refractivity contribution >= 4 is 17.3 Å². The number of rotatable bonds is 5. The highest BCUT2D eigenvalue weighted by Crippen LogP contribution is 2.36. The van der Waals surface area contributed by atoms with Gasteiger partial charge in [-0.1, -0.05) is 19.8 Å². The summed E-state index contributed by atoms with van der Waals surface area (Å²) in [5.41, 5.74) is 1.57. The van der Waals surface area contributed by atoms with Gasteiger partial charge in [0.05, 0.1) is 0 Å². The molecule has 0 atom stereocenters. The van der Waals surface area contributed by atoms with Crippen LogP contribution in [-0.4, -0.2) is 17.6 Å². The second kappa shape index (κ2) is 5.41. The fraction of sp³-hybridized carbons (Fsp3) is 0.643. The summed E-state index contributed by atoms with van der Waals surface area (Å²) in [5, 5.41) is 12.4. The summed E-state index contributed by atoms with van der Waals surface area (Å²) >= 11 is 1.36. The lowest BCUT2D eigenvalue weighted by Crippen LogP contribution is -2.29. The zero-order valence-electron chi connectivity index (χ0n) is 11.1. The van der Waals surface area contributed by atoms with E-state index in [0.717, 1.165) is 23.5 Å². The monoisotopic (exact) mass is 267 g/mol. The van der Waals surface area contributed by atoms with Gasteiger partial charge in [-0.3, -0.25) is 0 Å². The van der Waals surface area contributed by atoms with Crippen molar-refractivity contribution in [2.45, 2.75) is 46.1 Å². The Kier molecular flexibility index (Phi) is 4.07. The van der Waals surface area contributed by atoms with E-state index in [2.05, 4.69) is 12.2 Å². The molecule has 1 saturated carbocycles. The van der Waals surface area contributed by atoms with E-state index in [4.69, 9.17) is 5.11 Å². The van der Waals surface area contributed by atoms with Gasteiger partial charge in [-0.15, -0.1) is 11.3 Å². The third-order valence-corrected chi connectivity index (χ3v) is 4.99. The number of carboxylic acids is 1. The van der Waals surface area contributed by atoms with Crippen LogP contribution in [0.25, 0.3) is 0 Å². The number of nitrogens with one attached hydrogen (secondary N) is 1. The summed E-state index contributed by atoms with van der Waals surface area (Å²) < 4.78 is 0. The lowest BCUT2D eigenvalue weighted by molar-refractivity contribution is 0.0702. The number of aryl methyl sites for hydroxylation is 1. The minimum Gasteiger partial charge on any atom is -0.477 e. The molecule has 100 valence electrons. The first-order valence-corrected chi connectivity index (χ1v) is 7.35. The van der Waals surface area contributed by atoms with E-state index >= 15 is 0 Å². The summed E-state index contributed by atoms with van der Waals surface area (Å²) in [6.07, 6.45) is 5.31. The van der Waals surface area contributed by atoms with Gasteiger partial charge in [0.2, 0.25) is 0 Å². The molecular formula is C14H21NO2S. The lowest BCUT2D eigenvalue weighted by Gasteiger charge is -2.23. The Hall–Kier alpha value is -0.870. The molecule has 0 unspecified atom stereocenters. The maximum atomic E-state index is 10.9. The van der Waals surface area contributed by atoms with E-state index < -0.39 is 5.97 Å². The van der Waals surface area contributed by atoms with Gasteiger partial charge in [0.15, 0.2) is 0 Å². The number of aromatic carboxylic acids is 1. The lowest BCUT2D eigenvalue weighted by atomic mass is 9.89. The van der Waals surface area contributed by atoms with Crippen LogP contribution in [0.15, 0.2) is 6.07 Å². The summed E-state index contributed by atoms with van der Waals surface area (Å²) in [4.78, 5) is 12.4. The van der Waals surface area contributed by atoms with Crippen molar-refractivity contribution in [1.82, 2.24) is 5.32 Å². The van der Waals surface area contributed by atoms with Gasteiger partial charge in [-0.05, 0) is 36.8 Å². The third-order valence-electron chi connectivity index (χ3n) is 3.91. The first-order valence-electron chi connectivity index (χ1n) is 6.53. The minimum atomic E-state index is -0.822. The largest absolute Gasteiger partial charge is 0.477 e. The van der Waals surface area contributed by atoms with E-state index in [9.17, 15) is 4.79 Å². The summed E-state index contributed by atoms with van der Waals surface area (Å²) in [6.45, 7) is 6.15. The van der Waals surface area contributed by atoms with Gasteiger partial charge < -0.3 is 10.4 Å². The van der Waals surface area contributed by atoms with Crippen molar-refractivity contribution in [3.63, 3.8) is 0 Å². The Labute approximate surface area is 112 Å². The molecular weight excluding hydrogens is 246 g/mol. The maximum Gasteiger partial charge on any atom is 0.345 e. The third kappa shape index (κ3) is 3.12. The average Bonchev–Trinajstić information content (AvgIpc) is 2.87. The zero-order valence-corrected chi connectivity index (χ0v) is 11.9. The summed E-state index contributed by atoms with van der Waals surface area (Å²) in [5.74, 6) is -0.822. The first kappa shape index (κ1) is 13.6. The number of thiophene rings is 1. The summed E-state index contributed by atoms with van der Waals surface area (Å²) in [7, 11) is 0. The number of carbonyl (C=O) groups is 1. The predicted octanol–water partition coefficient (Wildman–Crippen LogP) is 3.42. The molecule has 1 aromatic rings. The second-order valence-corrected chi connectivity index (χ2v) is 6.87. The minimum absolute atomic E-state index is 0.441. The molecule has 0 radical (unpaired) electrons. The van der Waals surface area contributed by atoms with Crippen LogP contribution in [0.5, 0.6) is 0 Å². The van der Waals surface area contributed by atoms with E-state index in [0.29, 0.717) is 10.3 Å². The standard InChI is InChI=1S/C14H21NO2S/c1-10-11(7-12(18-10)13(16)17)8-15-9-14(2)5-3-4-6-14/h7,15H,3-6,8-9H2,1-2H3,(H,16,17). The average molecular weight is 267 g/mol. The van der Waals surface area contributed by atoms with Crippen LogP contribution in [0.3, 0.4) is 0 Å². The number of hydrogen-bond donors (Lipinski definition) is 2. The molecule has 2 N–H and O–H groups in total. The van der Waals surface area contributed by atoms with Crippen molar-refractivity contribution < 1.29 is 9.90 Å². The molecule has 0 bridgehead atoms. The number of hydrogen-bond acceptors (Lipinski definition) is 3. The van der Waals surface area contributed by atoms with Gasteiger partial charge >= 0.3 is 5.97 Å².